The highest BCUT2D eigenvalue weighted by Crippen LogP contribution is 2.41. The van der Waals surface area contributed by atoms with Crippen molar-refractivity contribution in [3.8, 4) is 0 Å². The average molecular weight is 409 g/mol. The lowest BCUT2D eigenvalue weighted by Crippen LogP contribution is -2.44. The lowest BCUT2D eigenvalue weighted by molar-refractivity contribution is 0.0572. The molecule has 0 saturated carbocycles. The summed E-state index contributed by atoms with van der Waals surface area (Å²) in [4.78, 5) is 2.36. The molecule has 0 spiro atoms. The number of hydrogen-bond donors (Lipinski definition) is 2. The van der Waals surface area contributed by atoms with E-state index >= 15 is 0 Å². The van der Waals surface area contributed by atoms with Gasteiger partial charge in [0.1, 0.15) is 11.6 Å². The van der Waals surface area contributed by atoms with E-state index < -0.39 is 17.2 Å². The van der Waals surface area contributed by atoms with Crippen molar-refractivity contribution in [2.75, 3.05) is 5.75 Å². The van der Waals surface area contributed by atoms with Crippen molar-refractivity contribution in [1.29, 1.82) is 0 Å². The first-order chi connectivity index (χ1) is 13.2. The third-order valence-electron chi connectivity index (χ3n) is 5.38. The third-order valence-corrected chi connectivity index (χ3v) is 6.92. The minimum Gasteiger partial charge on any atom is -0.389 e. The number of nitrogens with zero attached hydrogens (tertiary/aromatic N) is 3. The van der Waals surface area contributed by atoms with Crippen molar-refractivity contribution in [3.63, 3.8) is 0 Å². The van der Waals surface area contributed by atoms with E-state index in [1.807, 2.05) is 10.9 Å². The van der Waals surface area contributed by atoms with Crippen LogP contribution in [0, 0.1) is 11.6 Å². The van der Waals surface area contributed by atoms with E-state index in [9.17, 15) is 13.9 Å². The Kier molecular flexibility index (Phi) is 5.24. The lowest BCUT2D eigenvalue weighted by Gasteiger charge is -2.38. The molecule has 0 aliphatic carbocycles. The molecule has 0 amide bonds. The molecule has 1 aromatic heterocycles. The summed E-state index contributed by atoms with van der Waals surface area (Å²) in [6, 6.07) is 3.63. The largest absolute Gasteiger partial charge is 0.389 e. The van der Waals surface area contributed by atoms with Crippen molar-refractivity contribution >= 4 is 11.8 Å². The maximum atomic E-state index is 14.1. The molecule has 1 fully saturated rings. The summed E-state index contributed by atoms with van der Waals surface area (Å²) >= 11 is 1.60. The van der Waals surface area contributed by atoms with Crippen molar-refractivity contribution in [1.82, 2.24) is 14.7 Å². The smallest absolute Gasteiger partial charge is 0.127 e. The van der Waals surface area contributed by atoms with Crippen LogP contribution in [0.5, 0.6) is 0 Å². The van der Waals surface area contributed by atoms with E-state index in [4.69, 9.17) is 5.73 Å². The highest BCUT2D eigenvalue weighted by atomic mass is 32.2. The van der Waals surface area contributed by atoms with Crippen LogP contribution in [0.3, 0.4) is 0 Å². The van der Waals surface area contributed by atoms with E-state index in [1.165, 1.54) is 17.7 Å². The molecule has 4 rings (SSSR count). The molecule has 3 atom stereocenters. The number of hydrogen-bond acceptors (Lipinski definition) is 5. The zero-order valence-electron chi connectivity index (χ0n) is 16.1. The average Bonchev–Trinajstić information content (AvgIpc) is 3.14. The van der Waals surface area contributed by atoms with Gasteiger partial charge in [0, 0.05) is 53.5 Å². The van der Waals surface area contributed by atoms with Gasteiger partial charge in [-0.25, -0.2) is 8.78 Å². The van der Waals surface area contributed by atoms with Gasteiger partial charge in [0.25, 0.3) is 0 Å². The first-order valence-corrected chi connectivity index (χ1v) is 10.6. The van der Waals surface area contributed by atoms with Gasteiger partial charge in [-0.05, 0) is 38.5 Å². The van der Waals surface area contributed by atoms with Crippen molar-refractivity contribution in [2.45, 2.75) is 62.8 Å². The molecule has 3 heterocycles. The normalized spacial score (nSPS) is 25.9. The van der Waals surface area contributed by atoms with Crippen LogP contribution >= 0.6 is 11.8 Å². The predicted octanol–water partition coefficient (Wildman–Crippen LogP) is 2.82. The van der Waals surface area contributed by atoms with Crippen LogP contribution in [0.1, 0.15) is 42.3 Å². The zero-order valence-corrected chi connectivity index (χ0v) is 16.9. The second kappa shape index (κ2) is 7.40. The van der Waals surface area contributed by atoms with Crippen LogP contribution in [0.4, 0.5) is 8.78 Å². The molecule has 2 aliphatic rings. The number of nitrogens with two attached hydrogens (primary N) is 1. The fourth-order valence-corrected chi connectivity index (χ4v) is 5.62. The fourth-order valence-electron chi connectivity index (χ4n) is 4.12. The van der Waals surface area contributed by atoms with E-state index in [1.54, 1.807) is 25.6 Å². The third kappa shape index (κ3) is 4.10. The number of thioether (sulfide) groups is 1. The van der Waals surface area contributed by atoms with Gasteiger partial charge in [0.15, 0.2) is 0 Å². The molecular weight excluding hydrogens is 382 g/mol. The van der Waals surface area contributed by atoms with Crippen LogP contribution in [0.2, 0.25) is 0 Å². The quantitative estimate of drug-likeness (QED) is 0.814. The van der Waals surface area contributed by atoms with E-state index in [-0.39, 0.29) is 17.3 Å². The minimum atomic E-state index is -0.798. The molecule has 8 heteroatoms. The van der Waals surface area contributed by atoms with Crippen LogP contribution < -0.4 is 5.73 Å². The summed E-state index contributed by atoms with van der Waals surface area (Å²) in [5.74, 6) is -0.00315. The summed E-state index contributed by atoms with van der Waals surface area (Å²) in [6.07, 6.45) is 2.75. The van der Waals surface area contributed by atoms with Gasteiger partial charge >= 0.3 is 0 Å². The molecule has 0 radical (unpaired) electrons. The molecule has 2 aliphatic heterocycles. The second-order valence-corrected chi connectivity index (χ2v) is 9.66. The van der Waals surface area contributed by atoms with Gasteiger partial charge in [-0.15, -0.1) is 0 Å². The first-order valence-electron chi connectivity index (χ1n) is 9.53. The zero-order chi connectivity index (χ0) is 20.1. The summed E-state index contributed by atoms with van der Waals surface area (Å²) < 4.78 is 29.5. The molecule has 5 nitrogen and oxygen atoms in total. The Balaban J connectivity index is 1.40. The Morgan fingerprint density at radius 2 is 2.11 bits per heavy atom. The van der Waals surface area contributed by atoms with Gasteiger partial charge in [-0.2, -0.15) is 16.9 Å². The lowest BCUT2D eigenvalue weighted by atomic mass is 9.98. The van der Waals surface area contributed by atoms with E-state index in [0.717, 1.165) is 37.0 Å². The molecule has 152 valence electrons. The van der Waals surface area contributed by atoms with Crippen LogP contribution in [0.15, 0.2) is 24.4 Å². The molecule has 3 N–H and O–H groups in total. The number of rotatable bonds is 4. The first kappa shape index (κ1) is 19.8. The van der Waals surface area contributed by atoms with Gasteiger partial charge in [-0.1, -0.05) is 0 Å². The highest BCUT2D eigenvalue weighted by molar-refractivity contribution is 7.99. The van der Waals surface area contributed by atoms with Crippen LogP contribution in [-0.2, 0) is 19.6 Å². The molecule has 1 saturated heterocycles. The van der Waals surface area contributed by atoms with Crippen LogP contribution in [0.25, 0.3) is 0 Å². The van der Waals surface area contributed by atoms with E-state index in [0.29, 0.717) is 12.1 Å². The standard InChI is InChI=1S/C20H26F2N4OS/c1-20(2,27)11-26-8-12-7-25(9-18(12)24-26)14-6-17(23)19(28-10-14)15-5-13(21)3-4-16(15)22/h3-5,8,14,17,19,27H,6-7,9-11,23H2,1-2H3/t14-,17+,19-/m1/s1. The molecule has 1 aromatic carbocycles. The van der Waals surface area contributed by atoms with Gasteiger partial charge in [0.2, 0.25) is 0 Å². The number of benzene rings is 1. The van der Waals surface area contributed by atoms with Crippen molar-refractivity contribution < 1.29 is 13.9 Å². The van der Waals surface area contributed by atoms with Crippen LogP contribution in [-0.4, -0.2) is 43.2 Å². The van der Waals surface area contributed by atoms with Crippen molar-refractivity contribution in [3.05, 3.63) is 52.9 Å². The fraction of sp³-hybridized carbons (Fsp3) is 0.550. The minimum absolute atomic E-state index is 0.229. The van der Waals surface area contributed by atoms with Crippen molar-refractivity contribution in [2.24, 2.45) is 5.73 Å². The maximum Gasteiger partial charge on any atom is 0.127 e. The van der Waals surface area contributed by atoms with Gasteiger partial charge < -0.3 is 10.8 Å². The second-order valence-electron chi connectivity index (χ2n) is 8.49. The maximum absolute atomic E-state index is 14.1. The summed E-state index contributed by atoms with van der Waals surface area (Å²) in [5.41, 5.74) is 8.17. The summed E-state index contributed by atoms with van der Waals surface area (Å²) in [7, 11) is 0. The number of aliphatic hydroxyl groups is 1. The molecule has 28 heavy (non-hydrogen) atoms. The Hall–Kier alpha value is -1.48. The Labute approximate surface area is 167 Å². The summed E-state index contributed by atoms with van der Waals surface area (Å²) in [6.45, 7) is 5.56. The Bertz CT molecular complexity index is 843. The molecule has 0 unspecified atom stereocenters. The monoisotopic (exact) mass is 408 g/mol. The Morgan fingerprint density at radius 1 is 1.32 bits per heavy atom. The van der Waals surface area contributed by atoms with E-state index in [2.05, 4.69) is 10.00 Å². The Morgan fingerprint density at radius 3 is 2.79 bits per heavy atom. The molecule has 0 bridgehead atoms. The topological polar surface area (TPSA) is 67.3 Å². The summed E-state index contributed by atoms with van der Waals surface area (Å²) in [5, 5.41) is 14.3. The predicted molar refractivity (Wildman–Crippen MR) is 106 cm³/mol. The number of halogens is 2. The van der Waals surface area contributed by atoms with Gasteiger partial charge in [-0.3, -0.25) is 9.58 Å². The van der Waals surface area contributed by atoms with Gasteiger partial charge in [0.05, 0.1) is 17.8 Å². The number of fused-ring (bicyclic) bond motifs is 1. The SMILES string of the molecule is CC(C)(O)Cn1cc2c(n1)CN([C@H]1CS[C@H](c3cc(F)ccc3F)[C@@H](N)C1)C2. The molecular formula is C20H26F2N4OS. The highest BCUT2D eigenvalue weighted by Gasteiger charge is 2.37. The number of aromatic nitrogens is 2. The molecule has 2 aromatic rings.